The van der Waals surface area contributed by atoms with Gasteiger partial charge in [-0.2, -0.15) is 12.1 Å². The van der Waals surface area contributed by atoms with E-state index in [9.17, 15) is 0 Å². The van der Waals surface area contributed by atoms with Gasteiger partial charge in [-0.05, 0) is 24.0 Å². The molecule has 0 nitrogen and oxygen atoms in total. The van der Waals surface area contributed by atoms with E-state index in [2.05, 4.69) is 197 Å². The van der Waals surface area contributed by atoms with Crippen LogP contribution in [0.5, 0.6) is 0 Å². The number of hydrogen-bond acceptors (Lipinski definition) is 0. The Balaban J connectivity index is 0.000000175. The Morgan fingerprint density at radius 1 is 0.442 bits per heavy atom. The molecule has 8 rings (SSSR count). The molecule has 8 aromatic carbocycles. The first-order valence-electron chi connectivity index (χ1n) is 17.8. The number of benzene rings is 6. The fourth-order valence-electron chi connectivity index (χ4n) is 6.61. The SMILES string of the molecule is CCc1cc2c(-c3ccccc3)ccc(-c3ccccc3)c2[cH-]1.CCc1cc2c(-c3ccccc3)ccc(-c3ccccc3)c2[cH-]1.C[Si]C.[Cl][Zr+2][Cl]. The van der Waals surface area contributed by atoms with E-state index in [1.54, 1.807) is 0 Å². The molecule has 0 saturated heterocycles. The third kappa shape index (κ3) is 9.80. The summed E-state index contributed by atoms with van der Waals surface area (Å²) in [6.07, 6.45) is 2.13. The van der Waals surface area contributed by atoms with Crippen molar-refractivity contribution in [2.45, 2.75) is 39.8 Å². The standard InChI is InChI=1S/2C23H19.C2H6Si.2ClH.Zr/c2*1-2-17-15-22-20(18-9-5-3-6-10-18)13-14-21(23(22)16-17)19-11-7-4-8-12-19;1-3-2;;;/h2*3-16H,2H2,1H3;1-2H3;2*1H;/q2*-1;;;;+4/p-2. The molecular formula is C48H44Cl2SiZr. The Bertz CT molecular complexity index is 1920. The first-order chi connectivity index (χ1) is 25.6. The first kappa shape index (κ1) is 39.4. The molecule has 0 saturated carbocycles. The summed E-state index contributed by atoms with van der Waals surface area (Å²) in [4.78, 5) is 0. The van der Waals surface area contributed by atoms with Crippen LogP contribution in [0.1, 0.15) is 25.0 Å². The summed E-state index contributed by atoms with van der Waals surface area (Å²) in [5.74, 6) is 0. The van der Waals surface area contributed by atoms with Crippen LogP contribution in [0.15, 0.2) is 170 Å². The van der Waals surface area contributed by atoms with Crippen molar-refractivity contribution >= 4 is 48.1 Å². The number of aryl methyl sites for hydroxylation is 2. The predicted octanol–water partition coefficient (Wildman–Crippen LogP) is 15.1. The minimum atomic E-state index is -0.826. The summed E-state index contributed by atoms with van der Waals surface area (Å²) in [7, 11) is 11.0. The Morgan fingerprint density at radius 3 is 0.962 bits per heavy atom. The van der Waals surface area contributed by atoms with Gasteiger partial charge in [-0.25, -0.2) is 0 Å². The Hall–Kier alpha value is -3.78. The van der Waals surface area contributed by atoms with E-state index in [1.165, 1.54) is 77.2 Å². The van der Waals surface area contributed by atoms with E-state index in [0.717, 1.165) is 22.4 Å². The second kappa shape index (κ2) is 20.5. The minimum absolute atomic E-state index is 0.826. The van der Waals surface area contributed by atoms with E-state index in [-0.39, 0.29) is 0 Å². The summed E-state index contributed by atoms with van der Waals surface area (Å²) < 4.78 is 0. The fraction of sp³-hybridized carbons (Fsp3) is 0.125. The summed E-state index contributed by atoms with van der Waals surface area (Å²) in [6, 6.07) is 61.1. The van der Waals surface area contributed by atoms with Crippen LogP contribution in [0.2, 0.25) is 13.1 Å². The van der Waals surface area contributed by atoms with Crippen LogP contribution >= 0.6 is 17.0 Å². The zero-order valence-corrected chi connectivity index (χ0v) is 35.3. The molecule has 4 heteroatoms. The van der Waals surface area contributed by atoms with Gasteiger partial charge in [0.1, 0.15) is 0 Å². The summed E-state index contributed by atoms with van der Waals surface area (Å²) in [5.41, 5.74) is 13.2. The Morgan fingerprint density at radius 2 is 0.692 bits per heavy atom. The van der Waals surface area contributed by atoms with Crippen molar-refractivity contribution in [2.75, 3.05) is 0 Å². The van der Waals surface area contributed by atoms with Crippen LogP contribution in [0.4, 0.5) is 0 Å². The van der Waals surface area contributed by atoms with Crippen molar-refractivity contribution in [1.82, 2.24) is 0 Å². The molecule has 0 aliphatic rings. The third-order valence-corrected chi connectivity index (χ3v) is 9.05. The van der Waals surface area contributed by atoms with Crippen molar-refractivity contribution in [3.05, 3.63) is 181 Å². The predicted molar refractivity (Wildman–Crippen MR) is 229 cm³/mol. The van der Waals surface area contributed by atoms with Gasteiger partial charge >= 0.3 is 37.9 Å². The number of hydrogen-bond donors (Lipinski definition) is 0. The molecule has 0 fully saturated rings. The molecular weight excluding hydrogens is 767 g/mol. The van der Waals surface area contributed by atoms with Gasteiger partial charge in [0.05, 0.1) is 0 Å². The van der Waals surface area contributed by atoms with Crippen LogP contribution in [-0.4, -0.2) is 9.52 Å². The van der Waals surface area contributed by atoms with Crippen LogP contribution in [0, 0.1) is 0 Å². The molecule has 0 N–H and O–H groups in total. The molecule has 0 heterocycles. The fourth-order valence-corrected chi connectivity index (χ4v) is 6.61. The molecule has 0 aliphatic heterocycles. The van der Waals surface area contributed by atoms with Gasteiger partial charge in [0, 0.05) is 9.52 Å². The molecule has 52 heavy (non-hydrogen) atoms. The van der Waals surface area contributed by atoms with Crippen LogP contribution in [-0.2, 0) is 33.7 Å². The van der Waals surface area contributed by atoms with E-state index in [1.807, 2.05) is 0 Å². The van der Waals surface area contributed by atoms with Gasteiger partial charge < -0.3 is 0 Å². The van der Waals surface area contributed by atoms with Gasteiger partial charge in [0.2, 0.25) is 0 Å². The van der Waals surface area contributed by atoms with Crippen molar-refractivity contribution < 1.29 is 20.8 Å². The Kier molecular flexibility index (Phi) is 15.5. The van der Waals surface area contributed by atoms with Gasteiger partial charge in [-0.15, -0.1) is 44.8 Å². The van der Waals surface area contributed by atoms with Crippen LogP contribution in [0.3, 0.4) is 0 Å². The van der Waals surface area contributed by atoms with Gasteiger partial charge in [-0.1, -0.05) is 206 Å². The van der Waals surface area contributed by atoms with Crippen molar-refractivity contribution in [1.29, 1.82) is 0 Å². The number of rotatable bonds is 6. The Labute approximate surface area is 331 Å². The molecule has 0 aliphatic carbocycles. The third-order valence-electron chi connectivity index (χ3n) is 9.05. The molecule has 8 aromatic rings. The first-order valence-corrected chi connectivity index (χ1v) is 26.1. The maximum atomic E-state index is 4.93. The van der Waals surface area contributed by atoms with Crippen LogP contribution in [0.25, 0.3) is 66.1 Å². The van der Waals surface area contributed by atoms with Crippen molar-refractivity contribution in [3.8, 4) is 44.5 Å². The van der Waals surface area contributed by atoms with E-state index < -0.39 is 20.8 Å². The molecule has 0 unspecified atom stereocenters. The number of halogens is 2. The molecule has 0 atom stereocenters. The van der Waals surface area contributed by atoms with E-state index >= 15 is 0 Å². The van der Waals surface area contributed by atoms with E-state index in [0.29, 0.717) is 0 Å². The normalized spacial score (nSPS) is 10.3. The van der Waals surface area contributed by atoms with Gasteiger partial charge in [-0.3, -0.25) is 0 Å². The van der Waals surface area contributed by atoms with Gasteiger partial charge in [0.15, 0.2) is 0 Å². The summed E-state index contributed by atoms with van der Waals surface area (Å²) >= 11 is -0.826. The second-order valence-electron chi connectivity index (χ2n) is 12.4. The van der Waals surface area contributed by atoms with Crippen molar-refractivity contribution in [2.24, 2.45) is 0 Å². The molecule has 0 bridgehead atoms. The second-order valence-corrected chi connectivity index (χ2v) is 17.2. The zero-order chi connectivity index (χ0) is 36.7. The van der Waals surface area contributed by atoms with Gasteiger partial charge in [0.25, 0.3) is 0 Å². The topological polar surface area (TPSA) is 0 Å². The monoisotopic (exact) mass is 808 g/mol. The quantitative estimate of drug-likeness (QED) is 0.116. The average Bonchev–Trinajstić information content (AvgIpc) is 3.85. The van der Waals surface area contributed by atoms with E-state index in [4.69, 9.17) is 17.0 Å². The van der Waals surface area contributed by atoms with Crippen LogP contribution < -0.4 is 0 Å². The molecule has 2 radical (unpaired) electrons. The summed E-state index contributed by atoms with van der Waals surface area (Å²) in [6.45, 7) is 8.75. The molecule has 0 aromatic heterocycles. The van der Waals surface area contributed by atoms with Crippen molar-refractivity contribution in [3.63, 3.8) is 0 Å². The maximum absolute atomic E-state index is 4.93. The summed E-state index contributed by atoms with van der Waals surface area (Å²) in [5, 5.41) is 5.42. The number of fused-ring (bicyclic) bond motifs is 2. The molecule has 0 spiro atoms. The average molecular weight is 811 g/mol. The molecule has 0 amide bonds. The molecule has 258 valence electrons. The zero-order valence-electron chi connectivity index (χ0n) is 30.3.